The Labute approximate surface area is 176 Å². The van der Waals surface area contributed by atoms with Crippen LogP contribution in [0.15, 0.2) is 36.7 Å². The maximum atomic E-state index is 11.7. The number of rotatable bonds is 3. The van der Waals surface area contributed by atoms with E-state index >= 15 is 0 Å². The first kappa shape index (κ1) is 18.6. The second kappa shape index (κ2) is 7.13. The lowest BCUT2D eigenvalue weighted by atomic mass is 10.1. The van der Waals surface area contributed by atoms with Crippen LogP contribution in [0.3, 0.4) is 0 Å². The Morgan fingerprint density at radius 2 is 2.03 bits per heavy atom. The third-order valence-corrected chi connectivity index (χ3v) is 5.93. The summed E-state index contributed by atoms with van der Waals surface area (Å²) < 4.78 is 0. The molecule has 3 aromatic rings. The number of aromatic nitrogens is 2. The maximum absolute atomic E-state index is 11.7. The van der Waals surface area contributed by atoms with Crippen molar-refractivity contribution < 1.29 is 10.0 Å². The Kier molecular flexibility index (Phi) is 4.42. The van der Waals surface area contributed by atoms with Crippen LogP contribution in [0.25, 0.3) is 10.9 Å². The standard InChI is InChI=1S/C21H16ClN5O3/c22-17-6-12(2-4-20(17)28)26-21-14-7-19(27(29)30)11(5-18(14)24-10-25-21)1-3-13-15-8-23-9-16(13)15/h2,4-7,10,13,15-16,23,28H,8-9H2,(H,24,25,26)/t13-,15-,16+. The third kappa shape index (κ3) is 3.28. The number of benzene rings is 2. The first-order valence-corrected chi connectivity index (χ1v) is 9.80. The van der Waals surface area contributed by atoms with Gasteiger partial charge in [-0.1, -0.05) is 23.4 Å². The van der Waals surface area contributed by atoms with Crippen LogP contribution in [0.5, 0.6) is 5.75 Å². The van der Waals surface area contributed by atoms with E-state index in [9.17, 15) is 15.2 Å². The van der Waals surface area contributed by atoms with Crippen LogP contribution < -0.4 is 10.6 Å². The Bertz CT molecular complexity index is 1240. The Hall–Kier alpha value is -3.41. The van der Waals surface area contributed by atoms with Crippen LogP contribution >= 0.6 is 11.6 Å². The molecule has 2 fully saturated rings. The highest BCUT2D eigenvalue weighted by molar-refractivity contribution is 6.32. The molecule has 2 aliphatic rings. The van der Waals surface area contributed by atoms with Gasteiger partial charge in [0.2, 0.25) is 0 Å². The fourth-order valence-corrected chi connectivity index (χ4v) is 4.14. The summed E-state index contributed by atoms with van der Waals surface area (Å²) in [7, 11) is 0. The van der Waals surface area contributed by atoms with Crippen molar-refractivity contribution in [1.82, 2.24) is 15.3 Å². The Morgan fingerprint density at radius 3 is 2.77 bits per heavy atom. The van der Waals surface area contributed by atoms with E-state index in [0.717, 1.165) is 13.1 Å². The zero-order valence-corrected chi connectivity index (χ0v) is 16.3. The van der Waals surface area contributed by atoms with Gasteiger partial charge in [-0.05, 0) is 49.2 Å². The summed E-state index contributed by atoms with van der Waals surface area (Å²) >= 11 is 5.96. The molecular weight excluding hydrogens is 406 g/mol. The molecule has 150 valence electrons. The zero-order valence-electron chi connectivity index (χ0n) is 15.6. The van der Waals surface area contributed by atoms with E-state index in [0.29, 0.717) is 45.7 Å². The van der Waals surface area contributed by atoms with Crippen LogP contribution in [0.1, 0.15) is 5.56 Å². The van der Waals surface area contributed by atoms with Gasteiger partial charge in [-0.25, -0.2) is 9.97 Å². The molecule has 0 unspecified atom stereocenters. The Morgan fingerprint density at radius 1 is 1.23 bits per heavy atom. The molecule has 1 aromatic heterocycles. The normalized spacial score (nSPS) is 21.6. The first-order chi connectivity index (χ1) is 14.5. The Balaban J connectivity index is 1.53. The lowest BCUT2D eigenvalue weighted by Crippen LogP contribution is -2.13. The quantitative estimate of drug-likeness (QED) is 0.257. The molecule has 3 atom stereocenters. The highest BCUT2D eigenvalue weighted by atomic mass is 35.5. The minimum Gasteiger partial charge on any atom is -0.506 e. The average molecular weight is 422 g/mol. The van der Waals surface area contributed by atoms with Crippen molar-refractivity contribution in [2.24, 2.45) is 17.8 Å². The second-order valence-electron chi connectivity index (χ2n) is 7.44. The number of hydrogen-bond donors (Lipinski definition) is 3. The maximum Gasteiger partial charge on any atom is 0.285 e. The molecule has 8 nitrogen and oxygen atoms in total. The number of halogens is 1. The number of fused-ring (bicyclic) bond motifs is 2. The summed E-state index contributed by atoms with van der Waals surface area (Å²) in [4.78, 5) is 19.7. The van der Waals surface area contributed by atoms with Crippen molar-refractivity contribution in [2.75, 3.05) is 18.4 Å². The van der Waals surface area contributed by atoms with Crippen LogP contribution in [0.2, 0.25) is 5.02 Å². The molecular formula is C21H16ClN5O3. The van der Waals surface area contributed by atoms with E-state index in [1.165, 1.54) is 18.5 Å². The molecule has 5 rings (SSSR count). The van der Waals surface area contributed by atoms with Crippen molar-refractivity contribution >= 4 is 39.7 Å². The van der Waals surface area contributed by atoms with Crippen LogP contribution in [0.4, 0.5) is 17.2 Å². The van der Waals surface area contributed by atoms with Gasteiger partial charge in [0.05, 0.1) is 15.5 Å². The minimum atomic E-state index is -0.438. The number of phenolic OH excluding ortho intramolecular Hbond substituents is 1. The topological polar surface area (TPSA) is 113 Å². The molecule has 2 aromatic carbocycles. The number of phenols is 1. The molecule has 1 saturated carbocycles. The molecule has 9 heteroatoms. The molecule has 3 N–H and O–H groups in total. The predicted octanol–water partition coefficient (Wildman–Crippen LogP) is 3.46. The predicted molar refractivity (Wildman–Crippen MR) is 113 cm³/mol. The number of aromatic hydroxyl groups is 1. The van der Waals surface area contributed by atoms with Gasteiger partial charge in [-0.15, -0.1) is 0 Å². The monoisotopic (exact) mass is 421 g/mol. The largest absolute Gasteiger partial charge is 0.506 e. The molecule has 1 aliphatic carbocycles. The summed E-state index contributed by atoms with van der Waals surface area (Å²) in [6, 6.07) is 7.70. The van der Waals surface area contributed by atoms with E-state index < -0.39 is 4.92 Å². The van der Waals surface area contributed by atoms with Gasteiger partial charge in [0.15, 0.2) is 0 Å². The lowest BCUT2D eigenvalue weighted by Gasteiger charge is -2.09. The van der Waals surface area contributed by atoms with Crippen LogP contribution in [-0.4, -0.2) is 33.1 Å². The SMILES string of the molecule is O=[N+]([O-])c1cc2c(Nc3ccc(O)c(Cl)c3)ncnc2cc1C#C[C@@H]1[C@H]2CNC[C@@H]12. The third-order valence-electron chi connectivity index (χ3n) is 5.63. The fourth-order valence-electron chi connectivity index (χ4n) is 3.96. The second-order valence-corrected chi connectivity index (χ2v) is 7.85. The molecule has 0 bridgehead atoms. The van der Waals surface area contributed by atoms with Gasteiger partial charge in [-0.3, -0.25) is 10.1 Å². The van der Waals surface area contributed by atoms with Crippen molar-refractivity contribution in [3.05, 3.63) is 57.4 Å². The molecule has 1 aliphatic heterocycles. The van der Waals surface area contributed by atoms with Gasteiger partial charge in [-0.2, -0.15) is 0 Å². The smallest absolute Gasteiger partial charge is 0.285 e. The van der Waals surface area contributed by atoms with E-state index in [2.05, 4.69) is 32.4 Å². The van der Waals surface area contributed by atoms with Gasteiger partial charge >= 0.3 is 0 Å². The van der Waals surface area contributed by atoms with E-state index in [-0.39, 0.29) is 16.5 Å². The summed E-state index contributed by atoms with van der Waals surface area (Å²) in [5.41, 5.74) is 1.39. The molecule has 2 heterocycles. The molecule has 0 amide bonds. The van der Waals surface area contributed by atoms with Gasteiger partial charge in [0, 0.05) is 23.1 Å². The van der Waals surface area contributed by atoms with Crippen molar-refractivity contribution in [3.8, 4) is 17.6 Å². The van der Waals surface area contributed by atoms with E-state index in [1.807, 2.05) is 0 Å². The first-order valence-electron chi connectivity index (χ1n) is 9.42. The summed E-state index contributed by atoms with van der Waals surface area (Å²) in [5.74, 6) is 8.01. The molecule has 30 heavy (non-hydrogen) atoms. The van der Waals surface area contributed by atoms with Crippen molar-refractivity contribution in [2.45, 2.75) is 0 Å². The van der Waals surface area contributed by atoms with Gasteiger partial charge in [0.25, 0.3) is 5.69 Å². The molecule has 0 radical (unpaired) electrons. The molecule has 1 saturated heterocycles. The van der Waals surface area contributed by atoms with Crippen LogP contribution in [0, 0.1) is 39.7 Å². The number of nitrogens with one attached hydrogen (secondary N) is 2. The average Bonchev–Trinajstić information content (AvgIpc) is 3.14. The number of anilines is 2. The fraction of sp³-hybridized carbons (Fsp3) is 0.238. The van der Waals surface area contributed by atoms with Gasteiger partial charge < -0.3 is 15.7 Å². The van der Waals surface area contributed by atoms with Crippen LogP contribution in [-0.2, 0) is 0 Å². The number of nitro groups is 1. The number of piperidine rings is 1. The van der Waals surface area contributed by atoms with E-state index in [1.54, 1.807) is 18.2 Å². The summed E-state index contributed by atoms with van der Waals surface area (Å²) in [6.07, 6.45) is 1.38. The number of hydrogen-bond acceptors (Lipinski definition) is 7. The van der Waals surface area contributed by atoms with Crippen molar-refractivity contribution in [3.63, 3.8) is 0 Å². The summed E-state index contributed by atoms with van der Waals surface area (Å²) in [6.45, 7) is 1.93. The minimum absolute atomic E-state index is 0.0378. The number of nitrogens with zero attached hydrogens (tertiary/aromatic N) is 3. The highest BCUT2D eigenvalue weighted by Gasteiger charge is 2.51. The zero-order chi connectivity index (χ0) is 20.8. The summed E-state index contributed by atoms with van der Waals surface area (Å²) in [5, 5.41) is 28.3. The van der Waals surface area contributed by atoms with Crippen molar-refractivity contribution in [1.29, 1.82) is 0 Å². The lowest BCUT2D eigenvalue weighted by molar-refractivity contribution is -0.385. The number of nitro benzene ring substituents is 1. The van der Waals surface area contributed by atoms with E-state index in [4.69, 9.17) is 11.6 Å². The highest BCUT2D eigenvalue weighted by Crippen LogP contribution is 2.48. The molecule has 0 spiro atoms. The van der Waals surface area contributed by atoms with Gasteiger partial charge in [0.1, 0.15) is 23.5 Å².